The van der Waals surface area contributed by atoms with E-state index in [4.69, 9.17) is 0 Å². The molecule has 0 aliphatic heterocycles. The second-order valence-corrected chi connectivity index (χ2v) is 5.02. The summed E-state index contributed by atoms with van der Waals surface area (Å²) in [7, 11) is 3.42. The molecular weight excluding hydrogens is 273 g/mol. The van der Waals surface area contributed by atoms with Gasteiger partial charge in [-0.25, -0.2) is 9.18 Å². The minimum atomic E-state index is -1.04. The monoisotopic (exact) mass is 291 g/mol. The summed E-state index contributed by atoms with van der Waals surface area (Å²) in [6.45, 7) is 3.47. The quantitative estimate of drug-likeness (QED) is 0.941. The van der Waals surface area contributed by atoms with Crippen molar-refractivity contribution in [1.82, 2.24) is 9.78 Å². The summed E-state index contributed by atoms with van der Waals surface area (Å²) >= 11 is 0. The Morgan fingerprint density at radius 2 is 2.05 bits per heavy atom. The molecule has 112 valence electrons. The number of anilines is 1. The summed E-state index contributed by atoms with van der Waals surface area (Å²) in [5, 5.41) is 13.5. The summed E-state index contributed by atoms with van der Waals surface area (Å²) in [5.41, 5.74) is 1.09. The van der Waals surface area contributed by atoms with Gasteiger partial charge in [0, 0.05) is 19.7 Å². The maximum atomic E-state index is 13.9. The first-order valence-electron chi connectivity index (χ1n) is 6.58. The predicted octanol–water partition coefficient (Wildman–Crippen LogP) is 2.76. The third-order valence-electron chi connectivity index (χ3n) is 3.68. The first-order valence-corrected chi connectivity index (χ1v) is 6.58. The number of carboxylic acids is 1. The molecule has 0 saturated carbocycles. The van der Waals surface area contributed by atoms with Gasteiger partial charge >= 0.3 is 5.97 Å². The van der Waals surface area contributed by atoms with E-state index in [0.717, 1.165) is 0 Å². The second-order valence-electron chi connectivity index (χ2n) is 5.02. The van der Waals surface area contributed by atoms with Crippen LogP contribution in [-0.2, 0) is 7.05 Å². The van der Waals surface area contributed by atoms with Crippen molar-refractivity contribution in [3.05, 3.63) is 46.9 Å². The Morgan fingerprint density at radius 1 is 1.43 bits per heavy atom. The minimum absolute atomic E-state index is 0.142. The number of benzene rings is 1. The summed E-state index contributed by atoms with van der Waals surface area (Å²) in [6.07, 6.45) is 0. The lowest BCUT2D eigenvalue weighted by molar-refractivity contribution is 0.0696. The molecule has 1 aromatic carbocycles. The number of halogens is 1. The van der Waals surface area contributed by atoms with Gasteiger partial charge in [-0.15, -0.1) is 0 Å². The maximum Gasteiger partial charge on any atom is 0.341 e. The number of carbonyl (C=O) groups is 1. The van der Waals surface area contributed by atoms with Crippen LogP contribution in [0.3, 0.4) is 0 Å². The van der Waals surface area contributed by atoms with Gasteiger partial charge in [0.05, 0.1) is 11.7 Å². The van der Waals surface area contributed by atoms with E-state index in [1.807, 2.05) is 6.92 Å². The first-order chi connectivity index (χ1) is 9.84. The molecular formula is C15H18FN3O2. The molecule has 0 aliphatic rings. The molecule has 0 bridgehead atoms. The van der Waals surface area contributed by atoms with Gasteiger partial charge in [-0.05, 0) is 19.9 Å². The van der Waals surface area contributed by atoms with Crippen molar-refractivity contribution >= 4 is 11.8 Å². The van der Waals surface area contributed by atoms with Gasteiger partial charge in [-0.3, -0.25) is 4.68 Å². The van der Waals surface area contributed by atoms with E-state index in [9.17, 15) is 14.3 Å². The molecule has 1 N–H and O–H groups in total. The SMILES string of the molecule is Cc1nn(C)c(N(C)C(C)c2ccccc2F)c1C(=O)O. The fourth-order valence-corrected chi connectivity index (χ4v) is 2.51. The summed E-state index contributed by atoms with van der Waals surface area (Å²) in [5.74, 6) is -0.897. The lowest BCUT2D eigenvalue weighted by Crippen LogP contribution is -2.26. The van der Waals surface area contributed by atoms with E-state index >= 15 is 0 Å². The number of nitrogens with zero attached hydrogens (tertiary/aromatic N) is 3. The van der Waals surface area contributed by atoms with Crippen LogP contribution in [0.5, 0.6) is 0 Å². The molecule has 0 aliphatic carbocycles. The van der Waals surface area contributed by atoms with E-state index in [-0.39, 0.29) is 17.4 Å². The topological polar surface area (TPSA) is 58.4 Å². The zero-order chi connectivity index (χ0) is 15.7. The Balaban J connectivity index is 2.48. The molecule has 1 heterocycles. The standard InChI is InChI=1S/C15H18FN3O2/c1-9-13(15(20)21)14(19(4)17-9)18(3)10(2)11-7-5-6-8-12(11)16/h5-8,10H,1-4H3,(H,20,21). The first kappa shape index (κ1) is 15.0. The zero-order valence-electron chi connectivity index (χ0n) is 12.5. The van der Waals surface area contributed by atoms with Crippen molar-refractivity contribution < 1.29 is 14.3 Å². The summed E-state index contributed by atoms with van der Waals surface area (Å²) < 4.78 is 15.4. The molecule has 0 fully saturated rings. The maximum absolute atomic E-state index is 13.9. The van der Waals surface area contributed by atoms with Crippen LogP contribution in [0.4, 0.5) is 10.2 Å². The Morgan fingerprint density at radius 3 is 2.62 bits per heavy atom. The third-order valence-corrected chi connectivity index (χ3v) is 3.68. The van der Waals surface area contributed by atoms with Crippen LogP contribution in [0, 0.1) is 12.7 Å². The zero-order valence-corrected chi connectivity index (χ0v) is 12.5. The average molecular weight is 291 g/mol. The van der Waals surface area contributed by atoms with Crippen molar-refractivity contribution in [2.75, 3.05) is 11.9 Å². The molecule has 0 spiro atoms. The second kappa shape index (κ2) is 5.55. The molecule has 1 atom stereocenters. The molecule has 2 rings (SSSR count). The van der Waals surface area contributed by atoms with Crippen molar-refractivity contribution in [3.63, 3.8) is 0 Å². The largest absolute Gasteiger partial charge is 0.477 e. The van der Waals surface area contributed by atoms with E-state index in [0.29, 0.717) is 17.1 Å². The van der Waals surface area contributed by atoms with Crippen LogP contribution in [0.2, 0.25) is 0 Å². The van der Waals surface area contributed by atoms with Crippen LogP contribution in [-0.4, -0.2) is 27.9 Å². The number of rotatable bonds is 4. The van der Waals surface area contributed by atoms with E-state index in [1.165, 1.54) is 10.7 Å². The smallest absolute Gasteiger partial charge is 0.341 e. The van der Waals surface area contributed by atoms with Crippen molar-refractivity contribution in [3.8, 4) is 0 Å². The summed E-state index contributed by atoms with van der Waals surface area (Å²) in [4.78, 5) is 13.2. The minimum Gasteiger partial charge on any atom is -0.477 e. The summed E-state index contributed by atoms with van der Waals surface area (Å²) in [6, 6.07) is 6.16. The Kier molecular flexibility index (Phi) is 3.97. The van der Waals surface area contributed by atoms with E-state index in [2.05, 4.69) is 5.10 Å². The molecule has 0 saturated heterocycles. The van der Waals surface area contributed by atoms with Gasteiger partial charge in [0.25, 0.3) is 0 Å². The highest BCUT2D eigenvalue weighted by molar-refractivity contribution is 5.94. The third kappa shape index (κ3) is 2.61. The van der Waals surface area contributed by atoms with Crippen molar-refractivity contribution in [2.45, 2.75) is 19.9 Å². The van der Waals surface area contributed by atoms with Gasteiger partial charge in [0.15, 0.2) is 0 Å². The molecule has 5 nitrogen and oxygen atoms in total. The van der Waals surface area contributed by atoms with E-state index < -0.39 is 5.97 Å². The number of hydrogen-bond acceptors (Lipinski definition) is 3. The number of aryl methyl sites for hydroxylation is 2. The molecule has 0 radical (unpaired) electrons. The Bertz CT molecular complexity index is 682. The van der Waals surface area contributed by atoms with Crippen molar-refractivity contribution in [1.29, 1.82) is 0 Å². The lowest BCUT2D eigenvalue weighted by atomic mass is 10.1. The Labute approximate surface area is 122 Å². The number of aromatic nitrogens is 2. The van der Waals surface area contributed by atoms with Crippen molar-refractivity contribution in [2.24, 2.45) is 7.05 Å². The molecule has 1 unspecified atom stereocenters. The van der Waals surface area contributed by atoms with Crippen LogP contribution < -0.4 is 4.90 Å². The van der Waals surface area contributed by atoms with Gasteiger partial charge in [0.1, 0.15) is 17.2 Å². The number of carboxylic acid groups (broad SMARTS) is 1. The normalized spacial score (nSPS) is 12.2. The highest BCUT2D eigenvalue weighted by Gasteiger charge is 2.26. The van der Waals surface area contributed by atoms with Crippen LogP contribution in [0.25, 0.3) is 0 Å². The van der Waals surface area contributed by atoms with Gasteiger partial charge in [-0.2, -0.15) is 5.10 Å². The number of hydrogen-bond donors (Lipinski definition) is 1. The van der Waals surface area contributed by atoms with Gasteiger partial charge in [-0.1, -0.05) is 18.2 Å². The predicted molar refractivity (Wildman–Crippen MR) is 78.1 cm³/mol. The highest BCUT2D eigenvalue weighted by atomic mass is 19.1. The Hall–Kier alpha value is -2.37. The molecule has 0 amide bonds. The average Bonchev–Trinajstić information content (AvgIpc) is 2.72. The molecule has 21 heavy (non-hydrogen) atoms. The molecule has 1 aromatic heterocycles. The van der Waals surface area contributed by atoms with Gasteiger partial charge in [0.2, 0.25) is 0 Å². The molecule has 2 aromatic rings. The lowest BCUT2D eigenvalue weighted by Gasteiger charge is -2.28. The fourth-order valence-electron chi connectivity index (χ4n) is 2.51. The highest BCUT2D eigenvalue weighted by Crippen LogP contribution is 2.30. The van der Waals surface area contributed by atoms with Crippen LogP contribution in [0.15, 0.2) is 24.3 Å². The van der Waals surface area contributed by atoms with Gasteiger partial charge < -0.3 is 10.0 Å². The van der Waals surface area contributed by atoms with Crippen LogP contribution in [0.1, 0.15) is 34.6 Å². The fraction of sp³-hybridized carbons (Fsp3) is 0.333. The molecule has 6 heteroatoms. The van der Waals surface area contributed by atoms with E-state index in [1.54, 1.807) is 44.1 Å². The van der Waals surface area contributed by atoms with Crippen LogP contribution >= 0.6 is 0 Å². The number of aromatic carboxylic acids is 1.